The molecular formula is C10H10BrFO2. The van der Waals surface area contributed by atoms with E-state index < -0.39 is 5.97 Å². The molecule has 4 heteroatoms. The first-order valence-corrected chi connectivity index (χ1v) is 4.96. The fraction of sp³-hybridized carbons (Fsp3) is 0.300. The van der Waals surface area contributed by atoms with E-state index >= 15 is 0 Å². The van der Waals surface area contributed by atoms with Gasteiger partial charge in [-0.1, -0.05) is 0 Å². The molecule has 1 aromatic carbocycles. The minimum absolute atomic E-state index is 0.0684. The Labute approximate surface area is 89.9 Å². The number of hydrogen-bond acceptors (Lipinski definition) is 1. The van der Waals surface area contributed by atoms with Crippen LogP contribution in [0.15, 0.2) is 16.6 Å². The van der Waals surface area contributed by atoms with E-state index in [1.165, 1.54) is 6.07 Å². The van der Waals surface area contributed by atoms with Crippen molar-refractivity contribution in [2.24, 2.45) is 0 Å². The normalized spacial score (nSPS) is 10.2. The Morgan fingerprint density at radius 3 is 2.79 bits per heavy atom. The molecule has 0 radical (unpaired) electrons. The maximum atomic E-state index is 13.0. The van der Waals surface area contributed by atoms with E-state index in [-0.39, 0.29) is 12.2 Å². The van der Waals surface area contributed by atoms with Crippen molar-refractivity contribution >= 4 is 21.9 Å². The Morgan fingerprint density at radius 1 is 1.57 bits per heavy atom. The van der Waals surface area contributed by atoms with Crippen molar-refractivity contribution in [2.75, 3.05) is 0 Å². The summed E-state index contributed by atoms with van der Waals surface area (Å²) in [5.74, 6) is -1.16. The van der Waals surface area contributed by atoms with Gasteiger partial charge in [-0.2, -0.15) is 0 Å². The number of hydrogen-bond donors (Lipinski definition) is 1. The summed E-state index contributed by atoms with van der Waals surface area (Å²) >= 11 is 3.06. The monoisotopic (exact) mass is 260 g/mol. The SMILES string of the molecule is Cc1cc(F)c(Br)cc1CCC(=O)O. The van der Waals surface area contributed by atoms with Gasteiger partial charge in [-0.25, -0.2) is 4.39 Å². The second-order valence-corrected chi connectivity index (χ2v) is 3.94. The molecule has 14 heavy (non-hydrogen) atoms. The Morgan fingerprint density at radius 2 is 2.21 bits per heavy atom. The maximum Gasteiger partial charge on any atom is 0.303 e. The first kappa shape index (κ1) is 11.2. The van der Waals surface area contributed by atoms with Crippen LogP contribution >= 0.6 is 15.9 Å². The highest BCUT2D eigenvalue weighted by Crippen LogP contribution is 2.21. The Kier molecular flexibility index (Phi) is 3.63. The summed E-state index contributed by atoms with van der Waals surface area (Å²) in [6, 6.07) is 3.04. The molecule has 0 amide bonds. The molecule has 0 aliphatic carbocycles. The molecule has 0 atom stereocenters. The third-order valence-electron chi connectivity index (χ3n) is 1.99. The van der Waals surface area contributed by atoms with Gasteiger partial charge < -0.3 is 5.11 Å². The number of rotatable bonds is 3. The highest BCUT2D eigenvalue weighted by atomic mass is 79.9. The van der Waals surface area contributed by atoms with Crippen LogP contribution in [0.3, 0.4) is 0 Å². The van der Waals surface area contributed by atoms with Crippen LogP contribution in [0.25, 0.3) is 0 Å². The summed E-state index contributed by atoms with van der Waals surface area (Å²) in [6.45, 7) is 1.77. The Bertz CT molecular complexity index is 363. The van der Waals surface area contributed by atoms with Crippen molar-refractivity contribution in [3.63, 3.8) is 0 Å². The average molecular weight is 261 g/mol. The lowest BCUT2D eigenvalue weighted by atomic mass is 10.0. The minimum atomic E-state index is -0.843. The molecule has 0 fully saturated rings. The molecule has 0 bridgehead atoms. The lowest BCUT2D eigenvalue weighted by molar-refractivity contribution is -0.136. The molecule has 0 unspecified atom stereocenters. The van der Waals surface area contributed by atoms with E-state index in [1.54, 1.807) is 13.0 Å². The van der Waals surface area contributed by atoms with E-state index in [9.17, 15) is 9.18 Å². The van der Waals surface area contributed by atoms with Crippen molar-refractivity contribution in [1.29, 1.82) is 0 Å². The van der Waals surface area contributed by atoms with Crippen LogP contribution in [0.1, 0.15) is 17.5 Å². The van der Waals surface area contributed by atoms with Crippen LogP contribution in [-0.4, -0.2) is 11.1 Å². The van der Waals surface area contributed by atoms with Gasteiger partial charge in [0, 0.05) is 6.42 Å². The maximum absolute atomic E-state index is 13.0. The number of halogens is 2. The molecule has 76 valence electrons. The van der Waals surface area contributed by atoms with Gasteiger partial charge >= 0.3 is 5.97 Å². The number of benzene rings is 1. The third-order valence-corrected chi connectivity index (χ3v) is 2.59. The topological polar surface area (TPSA) is 37.3 Å². The first-order chi connectivity index (χ1) is 6.50. The standard InChI is InChI=1S/C10H10BrFO2/c1-6-4-9(12)8(11)5-7(6)2-3-10(13)14/h4-5H,2-3H2,1H3,(H,13,14). The number of aliphatic carboxylic acids is 1. The van der Waals surface area contributed by atoms with Gasteiger partial charge in [-0.05, 0) is 52.5 Å². The number of aryl methyl sites for hydroxylation is 2. The van der Waals surface area contributed by atoms with Crippen LogP contribution in [-0.2, 0) is 11.2 Å². The zero-order chi connectivity index (χ0) is 10.7. The van der Waals surface area contributed by atoms with Crippen molar-refractivity contribution in [3.8, 4) is 0 Å². The van der Waals surface area contributed by atoms with Gasteiger partial charge in [-0.3, -0.25) is 4.79 Å². The molecule has 1 rings (SSSR count). The molecule has 0 saturated carbocycles. The molecule has 1 N–H and O–H groups in total. The molecule has 0 saturated heterocycles. The second kappa shape index (κ2) is 4.55. The van der Waals surface area contributed by atoms with Gasteiger partial charge in [0.15, 0.2) is 0 Å². The summed E-state index contributed by atoms with van der Waals surface area (Å²) in [5, 5.41) is 8.50. The van der Waals surface area contributed by atoms with Crippen molar-refractivity contribution in [3.05, 3.63) is 33.5 Å². The largest absolute Gasteiger partial charge is 0.481 e. The molecule has 0 aromatic heterocycles. The Balaban J connectivity index is 2.87. The zero-order valence-electron chi connectivity index (χ0n) is 7.68. The fourth-order valence-corrected chi connectivity index (χ4v) is 1.59. The third kappa shape index (κ3) is 2.80. The lowest BCUT2D eigenvalue weighted by Crippen LogP contribution is -1.99. The average Bonchev–Trinajstić information content (AvgIpc) is 2.09. The summed E-state index contributed by atoms with van der Waals surface area (Å²) in [6.07, 6.45) is 0.499. The molecular weight excluding hydrogens is 251 g/mol. The van der Waals surface area contributed by atoms with Crippen LogP contribution in [0.2, 0.25) is 0 Å². The van der Waals surface area contributed by atoms with Crippen LogP contribution < -0.4 is 0 Å². The van der Waals surface area contributed by atoms with Gasteiger partial charge in [0.05, 0.1) is 4.47 Å². The van der Waals surface area contributed by atoms with E-state index in [0.29, 0.717) is 10.9 Å². The minimum Gasteiger partial charge on any atom is -0.481 e. The van der Waals surface area contributed by atoms with Gasteiger partial charge in [0.2, 0.25) is 0 Å². The smallest absolute Gasteiger partial charge is 0.303 e. The quantitative estimate of drug-likeness (QED) is 0.908. The number of carboxylic acids is 1. The summed E-state index contributed by atoms with van der Waals surface area (Å²) in [4.78, 5) is 10.3. The molecule has 0 heterocycles. The molecule has 0 aliphatic rings. The fourth-order valence-electron chi connectivity index (χ4n) is 1.20. The highest BCUT2D eigenvalue weighted by Gasteiger charge is 2.06. The highest BCUT2D eigenvalue weighted by molar-refractivity contribution is 9.10. The predicted molar refractivity (Wildman–Crippen MR) is 54.8 cm³/mol. The van der Waals surface area contributed by atoms with E-state index in [4.69, 9.17) is 5.11 Å². The summed E-state index contributed by atoms with van der Waals surface area (Å²) < 4.78 is 13.4. The first-order valence-electron chi connectivity index (χ1n) is 4.17. The van der Waals surface area contributed by atoms with Crippen LogP contribution in [0.4, 0.5) is 4.39 Å². The van der Waals surface area contributed by atoms with Crippen molar-refractivity contribution < 1.29 is 14.3 Å². The number of carbonyl (C=O) groups is 1. The van der Waals surface area contributed by atoms with Crippen LogP contribution in [0, 0.1) is 12.7 Å². The number of carboxylic acid groups (broad SMARTS) is 1. The van der Waals surface area contributed by atoms with Crippen molar-refractivity contribution in [2.45, 2.75) is 19.8 Å². The van der Waals surface area contributed by atoms with Crippen molar-refractivity contribution in [1.82, 2.24) is 0 Å². The zero-order valence-corrected chi connectivity index (χ0v) is 9.27. The summed E-state index contributed by atoms with van der Waals surface area (Å²) in [7, 11) is 0. The van der Waals surface area contributed by atoms with E-state index in [2.05, 4.69) is 15.9 Å². The van der Waals surface area contributed by atoms with Gasteiger partial charge in [-0.15, -0.1) is 0 Å². The second-order valence-electron chi connectivity index (χ2n) is 3.09. The summed E-state index contributed by atoms with van der Waals surface area (Å²) in [5.41, 5.74) is 1.65. The predicted octanol–water partition coefficient (Wildman–Crippen LogP) is 2.91. The Hall–Kier alpha value is -0.900. The molecule has 1 aromatic rings. The van der Waals surface area contributed by atoms with E-state index in [1.807, 2.05) is 0 Å². The van der Waals surface area contributed by atoms with Crippen LogP contribution in [0.5, 0.6) is 0 Å². The van der Waals surface area contributed by atoms with Gasteiger partial charge in [0.25, 0.3) is 0 Å². The lowest BCUT2D eigenvalue weighted by Gasteiger charge is -2.05. The molecule has 0 aliphatic heterocycles. The van der Waals surface area contributed by atoms with Gasteiger partial charge in [0.1, 0.15) is 5.82 Å². The van der Waals surface area contributed by atoms with E-state index in [0.717, 1.165) is 11.1 Å². The molecule has 2 nitrogen and oxygen atoms in total. The molecule has 0 spiro atoms.